The van der Waals surface area contributed by atoms with E-state index in [1.54, 1.807) is 13.8 Å². The van der Waals surface area contributed by atoms with Crippen LogP contribution in [0.25, 0.3) is 0 Å². The van der Waals surface area contributed by atoms with Gasteiger partial charge in [0.1, 0.15) is 0 Å². The molecule has 0 saturated heterocycles. The fourth-order valence-electron chi connectivity index (χ4n) is 1.62. The summed E-state index contributed by atoms with van der Waals surface area (Å²) in [6.45, 7) is 3.54. The number of ether oxygens (including phenoxy) is 1. The molecule has 0 bridgehead atoms. The smallest absolute Gasteiger partial charge is 0.347 e. The molecule has 2 rings (SSSR count). The number of carbonyl (C=O) groups excluding carboxylic acids is 2. The van der Waals surface area contributed by atoms with Crippen molar-refractivity contribution < 1.29 is 14.3 Å². The molecule has 0 unspecified atom stereocenters. The molecule has 0 N–H and O–H groups in total. The zero-order valence-corrected chi connectivity index (χ0v) is 11.2. The first-order valence-electron chi connectivity index (χ1n) is 4.19. The SMILES string of the molecule is Cc1c(Br)c(Br)c(C)c2c1C(=O)OC2=O. The van der Waals surface area contributed by atoms with Gasteiger partial charge in [0, 0.05) is 8.95 Å². The Bertz CT molecular complexity index is 461. The summed E-state index contributed by atoms with van der Waals surface area (Å²) in [6.07, 6.45) is 0. The van der Waals surface area contributed by atoms with Gasteiger partial charge in [-0.1, -0.05) is 0 Å². The van der Waals surface area contributed by atoms with E-state index in [1.807, 2.05) is 0 Å². The fraction of sp³-hybridized carbons (Fsp3) is 0.200. The maximum absolute atomic E-state index is 11.4. The third-order valence-electron chi connectivity index (χ3n) is 2.44. The van der Waals surface area contributed by atoms with E-state index in [4.69, 9.17) is 0 Å². The van der Waals surface area contributed by atoms with Gasteiger partial charge in [-0.25, -0.2) is 9.59 Å². The van der Waals surface area contributed by atoms with Crippen LogP contribution >= 0.6 is 31.9 Å². The van der Waals surface area contributed by atoms with Crippen LogP contribution in [-0.2, 0) is 4.74 Å². The Labute approximate surface area is 103 Å². The first-order chi connectivity index (χ1) is 6.95. The molecule has 1 aromatic rings. The molecule has 15 heavy (non-hydrogen) atoms. The Hall–Kier alpha value is -0.680. The average Bonchev–Trinajstić information content (AvgIpc) is 2.47. The monoisotopic (exact) mass is 332 g/mol. The van der Waals surface area contributed by atoms with E-state index in [9.17, 15) is 9.59 Å². The van der Waals surface area contributed by atoms with Gasteiger partial charge in [0.25, 0.3) is 0 Å². The summed E-state index contributed by atoms with van der Waals surface area (Å²) in [7, 11) is 0. The number of benzene rings is 1. The van der Waals surface area contributed by atoms with Crippen molar-refractivity contribution in [1.29, 1.82) is 0 Å². The first kappa shape index (κ1) is 10.8. The number of cyclic esters (lactones) is 2. The van der Waals surface area contributed by atoms with Gasteiger partial charge in [-0.3, -0.25) is 0 Å². The fourth-order valence-corrected chi connectivity index (χ4v) is 2.61. The lowest BCUT2D eigenvalue weighted by Gasteiger charge is -2.08. The molecule has 78 valence electrons. The van der Waals surface area contributed by atoms with Crippen LogP contribution in [-0.4, -0.2) is 11.9 Å². The van der Waals surface area contributed by atoms with Crippen molar-refractivity contribution in [3.63, 3.8) is 0 Å². The Kier molecular flexibility index (Phi) is 2.47. The van der Waals surface area contributed by atoms with Gasteiger partial charge in [-0.15, -0.1) is 0 Å². The number of hydrogen-bond donors (Lipinski definition) is 0. The van der Waals surface area contributed by atoms with Gasteiger partial charge in [0.2, 0.25) is 0 Å². The standard InChI is InChI=1S/C10H6Br2O3/c1-3-5-6(10(14)15-9(5)13)4(2)8(12)7(3)11/h1-2H3. The predicted octanol–water partition coefficient (Wildman–Crippen LogP) is 3.14. The lowest BCUT2D eigenvalue weighted by molar-refractivity contribution is 0.0443. The topological polar surface area (TPSA) is 43.4 Å². The predicted molar refractivity (Wildman–Crippen MR) is 61.1 cm³/mol. The zero-order valence-electron chi connectivity index (χ0n) is 7.98. The van der Waals surface area contributed by atoms with Gasteiger partial charge >= 0.3 is 11.9 Å². The second-order valence-electron chi connectivity index (χ2n) is 3.30. The van der Waals surface area contributed by atoms with Crippen molar-refractivity contribution in [2.45, 2.75) is 13.8 Å². The molecule has 0 spiro atoms. The summed E-state index contributed by atoms with van der Waals surface area (Å²) < 4.78 is 6.15. The Morgan fingerprint density at radius 2 is 1.20 bits per heavy atom. The van der Waals surface area contributed by atoms with Crippen molar-refractivity contribution in [2.75, 3.05) is 0 Å². The van der Waals surface area contributed by atoms with Crippen LogP contribution in [0.2, 0.25) is 0 Å². The van der Waals surface area contributed by atoms with Crippen LogP contribution < -0.4 is 0 Å². The van der Waals surface area contributed by atoms with Gasteiger partial charge < -0.3 is 4.74 Å². The molecule has 0 saturated carbocycles. The van der Waals surface area contributed by atoms with Crippen LogP contribution in [0.15, 0.2) is 8.95 Å². The third-order valence-corrected chi connectivity index (χ3v) is 4.96. The molecule has 3 nitrogen and oxygen atoms in total. The molecule has 0 radical (unpaired) electrons. The Balaban J connectivity index is 2.92. The van der Waals surface area contributed by atoms with Crippen LogP contribution in [0.5, 0.6) is 0 Å². The van der Waals surface area contributed by atoms with Crippen LogP contribution in [0.4, 0.5) is 0 Å². The van der Waals surface area contributed by atoms with Crippen molar-refractivity contribution in [1.82, 2.24) is 0 Å². The molecule has 1 aromatic carbocycles. The maximum Gasteiger partial charge on any atom is 0.347 e. The molecule has 5 heteroatoms. The molecular weight excluding hydrogens is 328 g/mol. The van der Waals surface area contributed by atoms with E-state index in [0.29, 0.717) is 11.1 Å². The average molecular weight is 334 g/mol. The highest BCUT2D eigenvalue weighted by molar-refractivity contribution is 9.13. The number of hydrogen-bond acceptors (Lipinski definition) is 3. The molecule has 1 aliphatic rings. The molecule has 0 amide bonds. The van der Waals surface area contributed by atoms with E-state index < -0.39 is 11.9 Å². The first-order valence-corrected chi connectivity index (χ1v) is 5.78. The van der Waals surface area contributed by atoms with Gasteiger partial charge in [0.15, 0.2) is 0 Å². The van der Waals surface area contributed by atoms with Crippen LogP contribution in [0.1, 0.15) is 31.8 Å². The van der Waals surface area contributed by atoms with Crippen molar-refractivity contribution in [3.05, 3.63) is 31.2 Å². The minimum Gasteiger partial charge on any atom is -0.386 e. The lowest BCUT2D eigenvalue weighted by atomic mass is 9.99. The molecule has 0 atom stereocenters. The summed E-state index contributed by atoms with van der Waals surface area (Å²) in [5.74, 6) is -1.13. The van der Waals surface area contributed by atoms with Crippen molar-refractivity contribution in [3.8, 4) is 0 Å². The highest BCUT2D eigenvalue weighted by atomic mass is 79.9. The normalized spacial score (nSPS) is 14.1. The highest BCUT2D eigenvalue weighted by Gasteiger charge is 2.35. The van der Waals surface area contributed by atoms with E-state index in [2.05, 4.69) is 36.6 Å². The maximum atomic E-state index is 11.4. The number of fused-ring (bicyclic) bond motifs is 1. The molecule has 1 aliphatic heterocycles. The molecule has 1 heterocycles. The number of rotatable bonds is 0. The minimum absolute atomic E-state index is 0.368. The quantitative estimate of drug-likeness (QED) is 0.541. The van der Waals surface area contributed by atoms with Crippen LogP contribution in [0, 0.1) is 13.8 Å². The van der Waals surface area contributed by atoms with Crippen molar-refractivity contribution in [2.24, 2.45) is 0 Å². The second kappa shape index (κ2) is 3.42. The zero-order chi connectivity index (χ0) is 11.3. The summed E-state index contributed by atoms with van der Waals surface area (Å²) in [5, 5.41) is 0. The van der Waals surface area contributed by atoms with E-state index in [-0.39, 0.29) is 0 Å². The Morgan fingerprint density at radius 3 is 1.53 bits per heavy atom. The van der Waals surface area contributed by atoms with E-state index in [0.717, 1.165) is 20.1 Å². The summed E-state index contributed by atoms with van der Waals surface area (Å²) in [6, 6.07) is 0. The van der Waals surface area contributed by atoms with Gasteiger partial charge in [-0.2, -0.15) is 0 Å². The number of esters is 2. The Morgan fingerprint density at radius 1 is 0.867 bits per heavy atom. The van der Waals surface area contributed by atoms with Crippen molar-refractivity contribution >= 4 is 43.8 Å². The molecular formula is C10H6Br2O3. The van der Waals surface area contributed by atoms with E-state index >= 15 is 0 Å². The molecule has 0 aliphatic carbocycles. The van der Waals surface area contributed by atoms with Gasteiger partial charge in [-0.05, 0) is 56.8 Å². The summed E-state index contributed by atoms with van der Waals surface area (Å²) in [4.78, 5) is 22.9. The van der Waals surface area contributed by atoms with E-state index in [1.165, 1.54) is 0 Å². The lowest BCUT2D eigenvalue weighted by Crippen LogP contribution is -2.00. The van der Waals surface area contributed by atoms with Crippen LogP contribution in [0.3, 0.4) is 0 Å². The minimum atomic E-state index is -0.566. The number of halogens is 2. The van der Waals surface area contributed by atoms with Gasteiger partial charge in [0.05, 0.1) is 11.1 Å². The third kappa shape index (κ3) is 1.37. The summed E-state index contributed by atoms with van der Waals surface area (Å²) in [5.41, 5.74) is 2.18. The summed E-state index contributed by atoms with van der Waals surface area (Å²) >= 11 is 6.73. The number of carbonyl (C=O) groups is 2. The molecule has 0 aromatic heterocycles. The molecule has 0 fully saturated rings. The highest BCUT2D eigenvalue weighted by Crippen LogP contribution is 2.38. The second-order valence-corrected chi connectivity index (χ2v) is 4.89. The largest absolute Gasteiger partial charge is 0.386 e.